The average molecular weight is 485 g/mol. The molecule has 2 N–H and O–H groups in total. The average Bonchev–Trinajstić information content (AvgIpc) is 3.31. The van der Waals surface area contributed by atoms with Crippen LogP contribution >= 0.6 is 0 Å². The number of hydrogen-bond donors (Lipinski definition) is 2. The Morgan fingerprint density at radius 1 is 0.853 bits per heavy atom. The van der Waals surface area contributed by atoms with E-state index in [4.69, 9.17) is 9.15 Å². The lowest BCUT2D eigenvalue weighted by Gasteiger charge is -2.08. The zero-order valence-electron chi connectivity index (χ0n) is 19.0. The Balaban J connectivity index is 1.48. The normalized spacial score (nSPS) is 11.1. The predicted octanol–water partition coefficient (Wildman–Crippen LogP) is 4.29. The van der Waals surface area contributed by atoms with Gasteiger partial charge in [-0.1, -0.05) is 44.4 Å². The summed E-state index contributed by atoms with van der Waals surface area (Å²) in [5.74, 6) is -0.935. The lowest BCUT2D eigenvalue weighted by atomic mass is 10.2. The minimum absolute atomic E-state index is 0.116. The van der Waals surface area contributed by atoms with E-state index in [2.05, 4.69) is 17.8 Å². The van der Waals surface area contributed by atoms with E-state index in [1.807, 2.05) is 0 Å². The number of sulfone groups is 1. The molecule has 0 radical (unpaired) electrons. The highest BCUT2D eigenvalue weighted by Crippen LogP contribution is 2.18. The molecule has 0 unspecified atom stereocenters. The van der Waals surface area contributed by atoms with Crippen molar-refractivity contribution in [3.63, 3.8) is 0 Å². The summed E-state index contributed by atoms with van der Waals surface area (Å²) in [5, 5.41) is 0. The van der Waals surface area contributed by atoms with E-state index in [-0.39, 0.29) is 22.2 Å². The summed E-state index contributed by atoms with van der Waals surface area (Å²) >= 11 is 0. The molecule has 0 aliphatic heterocycles. The standard InChI is InChI=1S/C25H28N2O6S/c1-2-3-4-8-17-32-20-13-11-19(12-14-20)24(28)26-27-25(29)23-16-15-21(33-23)18-34(30,31)22-9-6-5-7-10-22/h5-7,9-16H,2-4,8,17-18H2,1H3,(H,26,28)(H,27,29). The van der Waals surface area contributed by atoms with Crippen molar-refractivity contribution < 1.29 is 27.2 Å². The number of rotatable bonds is 11. The fourth-order valence-corrected chi connectivity index (χ4v) is 4.41. The highest BCUT2D eigenvalue weighted by Gasteiger charge is 2.19. The molecule has 2 amide bonds. The first-order valence-electron chi connectivity index (χ1n) is 11.1. The number of nitrogens with one attached hydrogen (secondary N) is 2. The Labute approximate surface area is 199 Å². The van der Waals surface area contributed by atoms with Crippen LogP contribution in [0.15, 0.2) is 76.0 Å². The maximum Gasteiger partial charge on any atom is 0.305 e. The maximum atomic E-state index is 12.5. The summed E-state index contributed by atoms with van der Waals surface area (Å²) in [7, 11) is -3.61. The number of amides is 2. The van der Waals surface area contributed by atoms with Gasteiger partial charge in [0.15, 0.2) is 15.6 Å². The Hall–Kier alpha value is -3.59. The summed E-state index contributed by atoms with van der Waals surface area (Å²) in [6, 6.07) is 17.3. The van der Waals surface area contributed by atoms with E-state index in [0.29, 0.717) is 17.9 Å². The Bertz CT molecular complexity index is 1190. The minimum Gasteiger partial charge on any atom is -0.494 e. The second kappa shape index (κ2) is 12.0. The van der Waals surface area contributed by atoms with Crippen LogP contribution < -0.4 is 15.6 Å². The zero-order valence-corrected chi connectivity index (χ0v) is 19.8. The molecule has 3 rings (SSSR count). The van der Waals surface area contributed by atoms with Gasteiger partial charge in [-0.15, -0.1) is 0 Å². The van der Waals surface area contributed by atoms with Crippen molar-refractivity contribution >= 4 is 21.7 Å². The third-order valence-electron chi connectivity index (χ3n) is 4.99. The van der Waals surface area contributed by atoms with E-state index in [1.54, 1.807) is 42.5 Å². The molecule has 1 aromatic heterocycles. The van der Waals surface area contributed by atoms with Gasteiger partial charge in [-0.2, -0.15) is 0 Å². The molecule has 0 saturated carbocycles. The predicted molar refractivity (Wildman–Crippen MR) is 127 cm³/mol. The topological polar surface area (TPSA) is 115 Å². The van der Waals surface area contributed by atoms with Gasteiger partial charge in [0.1, 0.15) is 17.3 Å². The summed E-state index contributed by atoms with van der Waals surface area (Å²) in [4.78, 5) is 24.7. The van der Waals surface area contributed by atoms with Crippen LogP contribution in [-0.2, 0) is 15.6 Å². The molecule has 180 valence electrons. The van der Waals surface area contributed by atoms with E-state index >= 15 is 0 Å². The van der Waals surface area contributed by atoms with Crippen molar-refractivity contribution in [3.05, 3.63) is 83.8 Å². The third-order valence-corrected chi connectivity index (χ3v) is 6.65. The summed E-state index contributed by atoms with van der Waals surface area (Å²) < 4.78 is 35.9. The minimum atomic E-state index is -3.61. The van der Waals surface area contributed by atoms with E-state index in [0.717, 1.165) is 19.3 Å². The molecule has 8 nitrogen and oxygen atoms in total. The molecule has 0 aliphatic rings. The lowest BCUT2D eigenvalue weighted by molar-refractivity contribution is 0.0830. The fourth-order valence-electron chi connectivity index (χ4n) is 3.14. The molecule has 34 heavy (non-hydrogen) atoms. The Morgan fingerprint density at radius 3 is 2.26 bits per heavy atom. The van der Waals surface area contributed by atoms with Gasteiger partial charge in [0, 0.05) is 5.56 Å². The van der Waals surface area contributed by atoms with Crippen LogP contribution in [0.3, 0.4) is 0 Å². The smallest absolute Gasteiger partial charge is 0.305 e. The van der Waals surface area contributed by atoms with E-state index in [1.165, 1.54) is 30.7 Å². The number of unbranched alkanes of at least 4 members (excludes halogenated alkanes) is 3. The Morgan fingerprint density at radius 2 is 1.56 bits per heavy atom. The van der Waals surface area contributed by atoms with Crippen molar-refractivity contribution in [2.75, 3.05) is 6.61 Å². The number of ether oxygens (including phenoxy) is 1. The second-order valence-electron chi connectivity index (χ2n) is 7.68. The number of hydrogen-bond acceptors (Lipinski definition) is 6. The number of furan rings is 1. The SMILES string of the molecule is CCCCCCOc1ccc(C(=O)NNC(=O)c2ccc(CS(=O)(=O)c3ccccc3)o2)cc1. The van der Waals surface area contributed by atoms with Crippen molar-refractivity contribution in [3.8, 4) is 5.75 Å². The van der Waals surface area contributed by atoms with Crippen LogP contribution in [0, 0.1) is 0 Å². The molecule has 0 saturated heterocycles. The maximum absolute atomic E-state index is 12.5. The van der Waals surface area contributed by atoms with Crippen LogP contribution in [0.1, 0.15) is 59.3 Å². The highest BCUT2D eigenvalue weighted by atomic mass is 32.2. The summed E-state index contributed by atoms with van der Waals surface area (Å²) in [6.07, 6.45) is 4.45. The molecule has 0 bridgehead atoms. The molecular weight excluding hydrogens is 456 g/mol. The van der Waals surface area contributed by atoms with Gasteiger partial charge in [-0.05, 0) is 55.0 Å². The van der Waals surface area contributed by atoms with Gasteiger partial charge in [-0.3, -0.25) is 20.4 Å². The first-order valence-corrected chi connectivity index (χ1v) is 12.7. The van der Waals surface area contributed by atoms with E-state index < -0.39 is 21.7 Å². The second-order valence-corrected chi connectivity index (χ2v) is 9.67. The van der Waals surface area contributed by atoms with Gasteiger partial charge < -0.3 is 9.15 Å². The van der Waals surface area contributed by atoms with Crippen LogP contribution in [0.25, 0.3) is 0 Å². The van der Waals surface area contributed by atoms with Crippen LogP contribution in [-0.4, -0.2) is 26.8 Å². The lowest BCUT2D eigenvalue weighted by Crippen LogP contribution is -2.41. The van der Waals surface area contributed by atoms with Crippen molar-refractivity contribution in [1.29, 1.82) is 0 Å². The quantitative estimate of drug-likeness (QED) is 0.310. The molecule has 9 heteroatoms. The van der Waals surface area contributed by atoms with Crippen LogP contribution in [0.4, 0.5) is 0 Å². The van der Waals surface area contributed by atoms with Gasteiger partial charge in [0.25, 0.3) is 5.91 Å². The monoisotopic (exact) mass is 484 g/mol. The number of benzene rings is 2. The molecule has 3 aromatic rings. The van der Waals surface area contributed by atoms with Gasteiger partial charge >= 0.3 is 5.91 Å². The molecule has 0 atom stereocenters. The van der Waals surface area contributed by atoms with Crippen LogP contribution in [0.5, 0.6) is 5.75 Å². The summed E-state index contributed by atoms with van der Waals surface area (Å²) in [5.41, 5.74) is 4.91. The number of hydrazine groups is 1. The highest BCUT2D eigenvalue weighted by molar-refractivity contribution is 7.90. The van der Waals surface area contributed by atoms with Gasteiger partial charge in [0.2, 0.25) is 0 Å². The third kappa shape index (κ3) is 7.21. The zero-order chi connectivity index (χ0) is 24.4. The fraction of sp³-hybridized carbons (Fsp3) is 0.280. The molecule has 0 aliphatic carbocycles. The van der Waals surface area contributed by atoms with Crippen molar-refractivity contribution in [1.82, 2.24) is 10.9 Å². The van der Waals surface area contributed by atoms with E-state index in [9.17, 15) is 18.0 Å². The molecule has 1 heterocycles. The molecule has 0 fully saturated rings. The first-order chi connectivity index (χ1) is 16.4. The number of carbonyl (C=O) groups excluding carboxylic acids is 2. The molecular formula is C25H28N2O6S. The Kier molecular flexibility index (Phi) is 8.86. The van der Waals surface area contributed by atoms with Crippen LogP contribution in [0.2, 0.25) is 0 Å². The van der Waals surface area contributed by atoms with Crippen molar-refractivity contribution in [2.45, 2.75) is 43.3 Å². The molecule has 0 spiro atoms. The first kappa shape index (κ1) is 25.0. The number of carbonyl (C=O) groups is 2. The van der Waals surface area contributed by atoms with Crippen molar-refractivity contribution in [2.24, 2.45) is 0 Å². The largest absolute Gasteiger partial charge is 0.494 e. The van der Waals surface area contributed by atoms with Gasteiger partial charge in [0.05, 0.1) is 11.5 Å². The summed E-state index contributed by atoms with van der Waals surface area (Å²) in [6.45, 7) is 2.78. The van der Waals surface area contributed by atoms with Gasteiger partial charge in [-0.25, -0.2) is 8.42 Å². The molecule has 2 aromatic carbocycles.